The van der Waals surface area contributed by atoms with E-state index in [0.29, 0.717) is 11.2 Å². The molecule has 4 heteroatoms. The molecule has 2 atom stereocenters. The van der Waals surface area contributed by atoms with E-state index in [0.717, 1.165) is 24.1 Å². The van der Waals surface area contributed by atoms with E-state index in [-0.39, 0.29) is 6.10 Å². The van der Waals surface area contributed by atoms with E-state index in [2.05, 4.69) is 10.3 Å². The third kappa shape index (κ3) is 3.11. The van der Waals surface area contributed by atoms with Crippen LogP contribution in [0.5, 0.6) is 0 Å². The molecule has 1 aliphatic carbocycles. The van der Waals surface area contributed by atoms with Gasteiger partial charge in [-0.2, -0.15) is 0 Å². The van der Waals surface area contributed by atoms with Crippen LogP contribution in [0, 0.1) is 6.92 Å². The van der Waals surface area contributed by atoms with Crippen molar-refractivity contribution in [2.75, 3.05) is 12.4 Å². The molecule has 1 N–H and O–H groups in total. The number of anilines is 1. The Morgan fingerprint density at radius 1 is 1.41 bits per heavy atom. The molecule has 2 unspecified atom stereocenters. The molecule has 3 nitrogen and oxygen atoms in total. The van der Waals surface area contributed by atoms with Crippen molar-refractivity contribution in [2.24, 2.45) is 0 Å². The summed E-state index contributed by atoms with van der Waals surface area (Å²) in [5, 5.41) is 4.01. The van der Waals surface area contributed by atoms with Gasteiger partial charge in [-0.05, 0) is 31.4 Å². The maximum atomic E-state index is 6.09. The molecule has 0 amide bonds. The van der Waals surface area contributed by atoms with Crippen molar-refractivity contribution < 1.29 is 4.74 Å². The Balaban J connectivity index is 2.10. The molecule has 0 saturated heterocycles. The lowest BCUT2D eigenvalue weighted by Crippen LogP contribution is -2.37. The van der Waals surface area contributed by atoms with Gasteiger partial charge in [-0.15, -0.1) is 0 Å². The summed E-state index contributed by atoms with van der Waals surface area (Å²) >= 11 is 6.09. The summed E-state index contributed by atoms with van der Waals surface area (Å²) < 4.78 is 5.52. The summed E-state index contributed by atoms with van der Waals surface area (Å²) in [5.74, 6) is 0. The second kappa shape index (κ2) is 5.69. The molecule has 0 aromatic carbocycles. The molecule has 1 aliphatic rings. The van der Waals surface area contributed by atoms with Crippen LogP contribution in [0.2, 0.25) is 5.15 Å². The van der Waals surface area contributed by atoms with Gasteiger partial charge in [0.2, 0.25) is 0 Å². The van der Waals surface area contributed by atoms with Crippen molar-refractivity contribution in [2.45, 2.75) is 44.8 Å². The standard InChI is InChI=1S/C13H19ClN2O/c1-9-7-11(13(14)15-8-9)16-10-5-3-4-6-12(10)17-2/h7-8,10,12,16H,3-6H2,1-2H3. The maximum Gasteiger partial charge on any atom is 0.152 e. The number of ether oxygens (including phenoxy) is 1. The van der Waals surface area contributed by atoms with E-state index in [4.69, 9.17) is 16.3 Å². The molecular weight excluding hydrogens is 236 g/mol. The van der Waals surface area contributed by atoms with Crippen molar-refractivity contribution in [1.29, 1.82) is 0 Å². The van der Waals surface area contributed by atoms with E-state index in [9.17, 15) is 0 Å². The minimum absolute atomic E-state index is 0.278. The van der Waals surface area contributed by atoms with Crippen LogP contribution in [-0.2, 0) is 4.74 Å². The summed E-state index contributed by atoms with van der Waals surface area (Å²) in [7, 11) is 1.78. The lowest BCUT2D eigenvalue weighted by atomic mass is 9.92. The van der Waals surface area contributed by atoms with Crippen LogP contribution in [0.25, 0.3) is 0 Å². The average Bonchev–Trinajstić information content (AvgIpc) is 2.34. The Labute approximate surface area is 108 Å². The largest absolute Gasteiger partial charge is 0.379 e. The van der Waals surface area contributed by atoms with Crippen molar-refractivity contribution in [3.05, 3.63) is 23.0 Å². The van der Waals surface area contributed by atoms with Crippen LogP contribution >= 0.6 is 11.6 Å². The fourth-order valence-corrected chi connectivity index (χ4v) is 2.56. The fraction of sp³-hybridized carbons (Fsp3) is 0.615. The normalized spacial score (nSPS) is 24.6. The van der Waals surface area contributed by atoms with Crippen molar-refractivity contribution in [3.8, 4) is 0 Å². The maximum absolute atomic E-state index is 6.09. The van der Waals surface area contributed by atoms with Crippen LogP contribution < -0.4 is 5.32 Å². The molecule has 94 valence electrons. The van der Waals surface area contributed by atoms with Gasteiger partial charge in [-0.25, -0.2) is 4.98 Å². The van der Waals surface area contributed by atoms with E-state index in [1.54, 1.807) is 13.3 Å². The quantitative estimate of drug-likeness (QED) is 0.840. The fourth-order valence-electron chi connectivity index (χ4n) is 2.40. The molecule has 17 heavy (non-hydrogen) atoms. The first kappa shape index (κ1) is 12.7. The molecule has 1 fully saturated rings. The van der Waals surface area contributed by atoms with Crippen LogP contribution in [-0.4, -0.2) is 24.2 Å². The Morgan fingerprint density at radius 3 is 2.94 bits per heavy atom. The molecule has 1 saturated carbocycles. The topological polar surface area (TPSA) is 34.1 Å². The van der Waals surface area contributed by atoms with Gasteiger partial charge in [0.05, 0.1) is 17.8 Å². The van der Waals surface area contributed by atoms with Crippen molar-refractivity contribution >= 4 is 17.3 Å². The van der Waals surface area contributed by atoms with E-state index < -0.39 is 0 Å². The number of halogens is 1. The Morgan fingerprint density at radius 2 is 2.18 bits per heavy atom. The van der Waals surface area contributed by atoms with Gasteiger partial charge in [0.1, 0.15) is 0 Å². The summed E-state index contributed by atoms with van der Waals surface area (Å²) in [4.78, 5) is 4.16. The smallest absolute Gasteiger partial charge is 0.152 e. The van der Waals surface area contributed by atoms with Gasteiger partial charge in [0, 0.05) is 13.3 Å². The number of nitrogens with zero attached hydrogens (tertiary/aromatic N) is 1. The number of pyridine rings is 1. The van der Waals surface area contributed by atoms with E-state index >= 15 is 0 Å². The lowest BCUT2D eigenvalue weighted by molar-refractivity contribution is 0.0606. The predicted molar refractivity (Wildman–Crippen MR) is 70.7 cm³/mol. The first-order valence-electron chi connectivity index (χ1n) is 6.12. The third-order valence-corrected chi connectivity index (χ3v) is 3.62. The van der Waals surface area contributed by atoms with Gasteiger partial charge in [0.15, 0.2) is 5.15 Å². The first-order valence-corrected chi connectivity index (χ1v) is 6.50. The number of aryl methyl sites for hydroxylation is 1. The number of nitrogens with one attached hydrogen (secondary N) is 1. The molecule has 2 rings (SSSR count). The number of hydrogen-bond donors (Lipinski definition) is 1. The highest BCUT2D eigenvalue weighted by atomic mass is 35.5. The van der Waals surface area contributed by atoms with E-state index in [1.165, 1.54) is 12.8 Å². The first-order chi connectivity index (χ1) is 8.20. The predicted octanol–water partition coefficient (Wildman–Crippen LogP) is 3.41. The zero-order valence-electron chi connectivity index (χ0n) is 10.4. The lowest BCUT2D eigenvalue weighted by Gasteiger charge is -2.32. The van der Waals surface area contributed by atoms with Gasteiger partial charge >= 0.3 is 0 Å². The highest BCUT2D eigenvalue weighted by Gasteiger charge is 2.25. The van der Waals surface area contributed by atoms with Crippen LogP contribution in [0.15, 0.2) is 12.3 Å². The second-order valence-electron chi connectivity index (χ2n) is 4.66. The van der Waals surface area contributed by atoms with Gasteiger partial charge in [-0.3, -0.25) is 0 Å². The Hall–Kier alpha value is -0.800. The molecule has 0 aliphatic heterocycles. The Kier molecular flexibility index (Phi) is 4.24. The summed E-state index contributed by atoms with van der Waals surface area (Å²) in [6.07, 6.45) is 6.79. The molecule has 1 aromatic rings. The molecule has 0 bridgehead atoms. The summed E-state index contributed by atoms with van der Waals surface area (Å²) in [5.41, 5.74) is 2.03. The SMILES string of the molecule is COC1CCCCC1Nc1cc(C)cnc1Cl. The molecule has 1 heterocycles. The zero-order chi connectivity index (χ0) is 12.3. The van der Waals surface area contributed by atoms with Gasteiger partial charge in [-0.1, -0.05) is 24.4 Å². The minimum atomic E-state index is 0.278. The number of methoxy groups -OCH3 is 1. The average molecular weight is 255 g/mol. The minimum Gasteiger partial charge on any atom is -0.379 e. The number of hydrogen-bond acceptors (Lipinski definition) is 3. The highest BCUT2D eigenvalue weighted by Crippen LogP contribution is 2.27. The van der Waals surface area contributed by atoms with Crippen molar-refractivity contribution in [3.63, 3.8) is 0 Å². The van der Waals surface area contributed by atoms with Crippen LogP contribution in [0.3, 0.4) is 0 Å². The number of aromatic nitrogens is 1. The summed E-state index contributed by atoms with van der Waals surface area (Å²) in [6, 6.07) is 2.38. The Bertz CT molecular complexity index is 384. The summed E-state index contributed by atoms with van der Waals surface area (Å²) in [6.45, 7) is 2.02. The molecule has 1 aromatic heterocycles. The monoisotopic (exact) mass is 254 g/mol. The zero-order valence-corrected chi connectivity index (χ0v) is 11.1. The molecular formula is C13H19ClN2O. The molecule has 0 spiro atoms. The number of rotatable bonds is 3. The van der Waals surface area contributed by atoms with Gasteiger partial charge < -0.3 is 10.1 Å². The van der Waals surface area contributed by atoms with Crippen molar-refractivity contribution in [1.82, 2.24) is 4.98 Å². The molecule has 0 radical (unpaired) electrons. The second-order valence-corrected chi connectivity index (χ2v) is 5.02. The highest BCUT2D eigenvalue weighted by molar-refractivity contribution is 6.31. The third-order valence-electron chi connectivity index (χ3n) is 3.32. The van der Waals surface area contributed by atoms with Crippen LogP contribution in [0.4, 0.5) is 5.69 Å². The van der Waals surface area contributed by atoms with Gasteiger partial charge in [0.25, 0.3) is 0 Å². The van der Waals surface area contributed by atoms with Crippen LogP contribution in [0.1, 0.15) is 31.2 Å². The van der Waals surface area contributed by atoms with E-state index in [1.807, 2.05) is 13.0 Å².